The quantitative estimate of drug-likeness (QED) is 0.258. The number of nitrogens with zero attached hydrogens (tertiary/aromatic N) is 3. The van der Waals surface area contributed by atoms with Crippen LogP contribution in [0.2, 0.25) is 0 Å². The molecule has 4 rings (SSSR count). The summed E-state index contributed by atoms with van der Waals surface area (Å²) >= 11 is 0. The Kier molecular flexibility index (Phi) is 7.37. The van der Waals surface area contributed by atoms with Crippen molar-refractivity contribution in [1.82, 2.24) is 5.01 Å². The highest BCUT2D eigenvalue weighted by molar-refractivity contribution is 6.10. The summed E-state index contributed by atoms with van der Waals surface area (Å²) in [6.45, 7) is 0.645. The van der Waals surface area contributed by atoms with Gasteiger partial charge in [0.2, 0.25) is 0 Å². The number of phenolic OH excluding ortho intramolecular Hbond substituents is 1. The molecule has 2 aromatic carbocycles. The van der Waals surface area contributed by atoms with Crippen molar-refractivity contribution in [3.05, 3.63) is 87.7 Å². The maximum Gasteiger partial charge on any atom is 0.433 e. The van der Waals surface area contributed by atoms with Gasteiger partial charge in [0.1, 0.15) is 23.0 Å². The Morgan fingerprint density at radius 2 is 1.97 bits per heavy atom. The molecule has 1 N–H and O–H groups in total. The number of nitro groups is 1. The summed E-state index contributed by atoms with van der Waals surface area (Å²) in [7, 11) is 1.51. The summed E-state index contributed by atoms with van der Waals surface area (Å²) in [5.41, 5.74) is 0.824. The lowest BCUT2D eigenvalue weighted by molar-refractivity contribution is -0.402. The van der Waals surface area contributed by atoms with Crippen LogP contribution in [0.4, 0.5) is 10.7 Å². The van der Waals surface area contributed by atoms with E-state index in [1.165, 1.54) is 31.5 Å². The lowest BCUT2D eigenvalue weighted by atomic mass is 10.0. The van der Waals surface area contributed by atoms with Crippen LogP contribution in [0.15, 0.2) is 70.2 Å². The highest BCUT2D eigenvalue weighted by atomic mass is 16.6. The van der Waals surface area contributed by atoms with Crippen LogP contribution < -0.4 is 4.74 Å². The largest absolute Gasteiger partial charge is 0.507 e. The topological polar surface area (TPSA) is 145 Å². The molecule has 0 saturated carbocycles. The van der Waals surface area contributed by atoms with Gasteiger partial charge in [-0.3, -0.25) is 14.9 Å². The van der Waals surface area contributed by atoms with Crippen molar-refractivity contribution < 1.29 is 33.5 Å². The van der Waals surface area contributed by atoms with Crippen molar-refractivity contribution >= 4 is 24.0 Å². The predicted molar refractivity (Wildman–Crippen MR) is 116 cm³/mol. The molecule has 0 unspecified atom stereocenters. The fourth-order valence-corrected chi connectivity index (χ4v) is 2.70. The highest BCUT2D eigenvalue weighted by Gasteiger charge is 2.21. The molecule has 1 amide bonds. The Morgan fingerprint density at radius 3 is 2.55 bits per heavy atom. The Bertz CT molecular complexity index is 1170. The van der Waals surface area contributed by atoms with Crippen LogP contribution in [0, 0.1) is 10.1 Å². The van der Waals surface area contributed by atoms with Gasteiger partial charge in [-0.2, -0.15) is 10.1 Å². The molecule has 0 aliphatic carbocycles. The first kappa shape index (κ1) is 23.0. The van der Waals surface area contributed by atoms with E-state index in [0.29, 0.717) is 17.9 Å². The number of carbonyl (C=O) groups excluding carboxylic acids is 2. The molecule has 2 heterocycles. The number of furan rings is 1. The average Bonchev–Trinajstić information content (AvgIpc) is 3.47. The van der Waals surface area contributed by atoms with Gasteiger partial charge in [-0.15, -0.1) is 0 Å². The van der Waals surface area contributed by atoms with Crippen LogP contribution in [0.1, 0.15) is 21.7 Å². The van der Waals surface area contributed by atoms with Crippen molar-refractivity contribution in [3.8, 4) is 11.5 Å². The van der Waals surface area contributed by atoms with Gasteiger partial charge in [0.15, 0.2) is 11.5 Å². The van der Waals surface area contributed by atoms with E-state index in [1.807, 2.05) is 6.07 Å². The number of ether oxygens (including phenoxy) is 2. The third kappa shape index (κ3) is 5.94. The van der Waals surface area contributed by atoms with Gasteiger partial charge >= 0.3 is 12.0 Å². The molecule has 33 heavy (non-hydrogen) atoms. The first-order valence-electron chi connectivity index (χ1n) is 9.58. The molecular weight excluding hydrogens is 434 g/mol. The van der Waals surface area contributed by atoms with E-state index in [-0.39, 0.29) is 35.3 Å². The minimum atomic E-state index is -0.651. The number of hydrazone groups is 1. The standard InChI is InChI=1S/C14H12O3.C8H7N3O5/c1-17-11-7-8-12(13(15)9-11)14(16)10-5-3-2-4-6-10;12-8-10(3-4-15-8)9-5-6-1-2-7(16-6)11(13)14/h2-9,15H,1H3;1-2,5H,3-4H2. The monoisotopic (exact) mass is 453 g/mol. The summed E-state index contributed by atoms with van der Waals surface area (Å²) in [6.07, 6.45) is 0.678. The summed E-state index contributed by atoms with van der Waals surface area (Å²) in [6, 6.07) is 16.1. The van der Waals surface area contributed by atoms with Crippen molar-refractivity contribution in [2.45, 2.75) is 0 Å². The zero-order valence-corrected chi connectivity index (χ0v) is 17.4. The third-order valence-corrected chi connectivity index (χ3v) is 4.34. The zero-order chi connectivity index (χ0) is 23.8. The molecule has 0 bridgehead atoms. The van der Waals surface area contributed by atoms with E-state index in [4.69, 9.17) is 9.15 Å². The van der Waals surface area contributed by atoms with Gasteiger partial charge in [0, 0.05) is 11.6 Å². The summed E-state index contributed by atoms with van der Waals surface area (Å²) in [5.74, 6) is 0.0768. The molecular formula is C22H19N3O8. The van der Waals surface area contributed by atoms with E-state index in [2.05, 4.69) is 9.84 Å². The minimum absolute atomic E-state index is 0.0711. The maximum atomic E-state index is 12.1. The van der Waals surface area contributed by atoms with Crippen molar-refractivity contribution in [2.24, 2.45) is 5.10 Å². The summed E-state index contributed by atoms with van der Waals surface area (Å²) < 4.78 is 14.4. The molecule has 0 radical (unpaired) electrons. The fourth-order valence-electron chi connectivity index (χ4n) is 2.70. The molecule has 3 aromatic rings. The van der Waals surface area contributed by atoms with E-state index < -0.39 is 11.0 Å². The molecule has 1 aliphatic rings. The molecule has 11 nitrogen and oxygen atoms in total. The van der Waals surface area contributed by atoms with Gasteiger partial charge in [-0.1, -0.05) is 30.3 Å². The number of hydrogen-bond acceptors (Lipinski definition) is 9. The summed E-state index contributed by atoms with van der Waals surface area (Å²) in [5, 5.41) is 24.9. The molecule has 11 heteroatoms. The van der Waals surface area contributed by atoms with Crippen molar-refractivity contribution in [1.29, 1.82) is 0 Å². The van der Waals surface area contributed by atoms with Crippen molar-refractivity contribution in [3.63, 3.8) is 0 Å². The van der Waals surface area contributed by atoms with E-state index in [0.717, 1.165) is 5.01 Å². The van der Waals surface area contributed by atoms with Crippen LogP contribution >= 0.6 is 0 Å². The highest BCUT2D eigenvalue weighted by Crippen LogP contribution is 2.25. The first-order chi connectivity index (χ1) is 15.9. The molecule has 0 spiro atoms. The molecule has 0 atom stereocenters. The number of phenols is 1. The second-order valence-electron chi connectivity index (χ2n) is 6.49. The number of carbonyl (C=O) groups is 2. The number of methoxy groups -OCH3 is 1. The Balaban J connectivity index is 0.000000186. The number of hydrogen-bond donors (Lipinski definition) is 1. The number of ketones is 1. The second kappa shape index (κ2) is 10.6. The van der Waals surface area contributed by atoms with Gasteiger partial charge in [-0.25, -0.2) is 4.79 Å². The van der Waals surface area contributed by atoms with E-state index in [1.54, 1.807) is 36.4 Å². The number of benzene rings is 2. The van der Waals surface area contributed by atoms with Crippen LogP contribution in [-0.2, 0) is 4.74 Å². The Hall–Kier alpha value is -4.67. The third-order valence-electron chi connectivity index (χ3n) is 4.34. The zero-order valence-electron chi connectivity index (χ0n) is 17.4. The average molecular weight is 453 g/mol. The minimum Gasteiger partial charge on any atom is -0.507 e. The van der Waals surface area contributed by atoms with Crippen LogP contribution in [0.5, 0.6) is 11.5 Å². The molecule has 170 valence electrons. The van der Waals surface area contributed by atoms with Gasteiger partial charge in [0.25, 0.3) is 0 Å². The normalized spacial score (nSPS) is 12.8. The lowest BCUT2D eigenvalue weighted by Gasteiger charge is -2.06. The Labute approximate surface area is 187 Å². The number of amides is 1. The molecule has 1 aromatic heterocycles. The SMILES string of the molecule is COc1ccc(C(=O)c2ccccc2)c(O)c1.O=C1OCCN1N=Cc1ccc([N+](=O)[O-])o1. The van der Waals surface area contributed by atoms with E-state index >= 15 is 0 Å². The second-order valence-corrected chi connectivity index (χ2v) is 6.49. The number of rotatable bonds is 6. The smallest absolute Gasteiger partial charge is 0.433 e. The predicted octanol–water partition coefficient (Wildman–Crippen LogP) is 3.61. The fraction of sp³-hybridized carbons (Fsp3) is 0.136. The van der Waals surface area contributed by atoms with Crippen molar-refractivity contribution in [2.75, 3.05) is 20.3 Å². The molecule has 1 aliphatic heterocycles. The molecule has 1 saturated heterocycles. The van der Waals surface area contributed by atoms with Crippen LogP contribution in [0.3, 0.4) is 0 Å². The number of cyclic esters (lactones) is 1. The van der Waals surface area contributed by atoms with Gasteiger partial charge in [0.05, 0.1) is 31.5 Å². The summed E-state index contributed by atoms with van der Waals surface area (Å²) in [4.78, 5) is 32.7. The van der Waals surface area contributed by atoms with E-state index in [9.17, 15) is 24.8 Å². The van der Waals surface area contributed by atoms with Crippen LogP contribution in [-0.4, -0.2) is 53.4 Å². The van der Waals surface area contributed by atoms with Gasteiger partial charge in [-0.05, 0) is 18.2 Å². The maximum absolute atomic E-state index is 12.1. The number of aromatic hydroxyl groups is 1. The molecule has 1 fully saturated rings. The lowest BCUT2D eigenvalue weighted by Crippen LogP contribution is -2.17. The first-order valence-corrected chi connectivity index (χ1v) is 9.58. The van der Waals surface area contributed by atoms with Gasteiger partial charge < -0.3 is 19.0 Å². The Morgan fingerprint density at radius 1 is 1.21 bits per heavy atom. The van der Waals surface area contributed by atoms with Crippen LogP contribution in [0.25, 0.3) is 0 Å².